The number of esters is 1. The number of hydrogen-bond donors (Lipinski definition) is 1. The Morgan fingerprint density at radius 3 is 2.61 bits per heavy atom. The van der Waals surface area contributed by atoms with Crippen molar-refractivity contribution >= 4 is 39.6 Å². The average molecular weight is 449 g/mol. The number of carbonyl (C=O) groups excluding carboxylic acids is 2. The van der Waals surface area contributed by atoms with E-state index in [1.54, 1.807) is 12.1 Å². The molecule has 1 amide bonds. The molecule has 0 bridgehead atoms. The van der Waals surface area contributed by atoms with Gasteiger partial charge in [-0.05, 0) is 19.1 Å². The predicted molar refractivity (Wildman–Crippen MR) is 107 cm³/mol. The average Bonchev–Trinajstić information content (AvgIpc) is 3.11. The minimum atomic E-state index is -4.21. The summed E-state index contributed by atoms with van der Waals surface area (Å²) in [7, 11) is -4.21. The highest BCUT2D eigenvalue weighted by atomic mass is 32.2. The summed E-state index contributed by atoms with van der Waals surface area (Å²) in [4.78, 5) is 33.7. The number of nitrogens with one attached hydrogen (secondary N) is 1. The lowest BCUT2D eigenvalue weighted by Gasteiger charge is -2.09. The number of amides is 1. The highest BCUT2D eigenvalue weighted by molar-refractivity contribution is 7.87. The largest absolute Gasteiger partial charge is 0.463 e. The zero-order chi connectivity index (χ0) is 22.4. The van der Waals surface area contributed by atoms with Gasteiger partial charge in [-0.1, -0.05) is 17.7 Å². The fourth-order valence-electron chi connectivity index (χ4n) is 2.45. The van der Waals surface area contributed by atoms with E-state index in [2.05, 4.69) is 20.3 Å². The Morgan fingerprint density at radius 1 is 1.19 bits per heavy atom. The Balaban J connectivity index is 1.88. The monoisotopic (exact) mass is 449 g/mol. The van der Waals surface area contributed by atoms with Gasteiger partial charge in [0.15, 0.2) is 11.2 Å². The highest BCUT2D eigenvalue weighted by Gasteiger charge is 2.22. The van der Waals surface area contributed by atoms with Crippen molar-refractivity contribution in [2.45, 2.75) is 25.5 Å². The van der Waals surface area contributed by atoms with Crippen LogP contribution in [0.4, 0.5) is 5.95 Å². The minimum Gasteiger partial charge on any atom is -0.463 e. The van der Waals surface area contributed by atoms with Crippen LogP contribution in [0.15, 0.2) is 35.5 Å². The van der Waals surface area contributed by atoms with Crippen molar-refractivity contribution in [3.05, 3.63) is 36.2 Å². The predicted octanol–water partition coefficient (Wildman–Crippen LogP) is 1.01. The van der Waals surface area contributed by atoms with E-state index in [0.717, 1.165) is 5.56 Å². The van der Waals surface area contributed by atoms with E-state index in [1.165, 1.54) is 30.0 Å². The lowest BCUT2D eigenvalue weighted by atomic mass is 10.2. The van der Waals surface area contributed by atoms with Gasteiger partial charge in [0.25, 0.3) is 5.88 Å². The quantitative estimate of drug-likeness (QED) is 0.205. The molecule has 0 aliphatic rings. The smallest absolute Gasteiger partial charge is 0.340 e. The molecule has 0 atom stereocenters. The Hall–Kier alpha value is -3.58. The first kappa shape index (κ1) is 22.1. The van der Waals surface area contributed by atoms with E-state index in [9.17, 15) is 18.0 Å². The first-order valence-electron chi connectivity index (χ1n) is 8.95. The number of carbonyl (C=O) groups is 2. The van der Waals surface area contributed by atoms with Crippen molar-refractivity contribution in [2.75, 3.05) is 18.5 Å². The molecule has 2 heterocycles. The van der Waals surface area contributed by atoms with Crippen molar-refractivity contribution in [1.82, 2.24) is 19.5 Å². The second-order valence-corrected chi connectivity index (χ2v) is 7.78. The molecule has 164 valence electrons. The molecule has 1 N–H and O–H groups in total. The second-order valence-electron chi connectivity index (χ2n) is 6.23. The molecule has 2 aromatic heterocycles. The molecule has 13 heteroatoms. The topological polar surface area (TPSA) is 152 Å². The van der Waals surface area contributed by atoms with Gasteiger partial charge in [-0.15, -0.1) is 0 Å². The van der Waals surface area contributed by atoms with Gasteiger partial charge in [0.2, 0.25) is 12.4 Å². The molecule has 0 unspecified atom stereocenters. The lowest BCUT2D eigenvalue weighted by Crippen LogP contribution is -2.13. The zero-order valence-corrected chi connectivity index (χ0v) is 17.5. The third-order valence-corrected chi connectivity index (χ3v) is 5.11. The fourth-order valence-corrected chi connectivity index (χ4v) is 3.34. The highest BCUT2D eigenvalue weighted by Crippen LogP contribution is 2.26. The van der Waals surface area contributed by atoms with Gasteiger partial charge in [0.1, 0.15) is 18.2 Å². The van der Waals surface area contributed by atoms with Crippen molar-refractivity contribution < 1.29 is 31.7 Å². The van der Waals surface area contributed by atoms with Gasteiger partial charge >= 0.3 is 16.1 Å². The van der Waals surface area contributed by atoms with E-state index in [0.29, 0.717) is 6.41 Å². The summed E-state index contributed by atoms with van der Waals surface area (Å²) in [6.07, 6.45) is 1.69. The number of benzene rings is 1. The fraction of sp³-hybridized carbons (Fsp3) is 0.278. The van der Waals surface area contributed by atoms with Crippen molar-refractivity contribution in [3.63, 3.8) is 0 Å². The van der Waals surface area contributed by atoms with Crippen LogP contribution in [0, 0.1) is 6.92 Å². The maximum absolute atomic E-state index is 12.7. The van der Waals surface area contributed by atoms with Crippen LogP contribution < -0.4 is 9.50 Å². The van der Waals surface area contributed by atoms with Crippen LogP contribution in [0.2, 0.25) is 0 Å². The van der Waals surface area contributed by atoms with Crippen LogP contribution in [-0.2, 0) is 35.9 Å². The number of fused-ring (bicyclic) bond motifs is 1. The van der Waals surface area contributed by atoms with Gasteiger partial charge in [-0.25, -0.2) is 4.98 Å². The maximum atomic E-state index is 12.7. The first-order chi connectivity index (χ1) is 14.8. The SMILES string of the molecule is CC(=O)OCCOCn1cnc2c(OS(=O)(=O)c3ccc(C)cc3)nc(NC=O)nc21. The van der Waals surface area contributed by atoms with Crippen LogP contribution in [-0.4, -0.2) is 53.5 Å². The Labute approximate surface area is 177 Å². The normalized spacial score (nSPS) is 11.3. The summed E-state index contributed by atoms with van der Waals surface area (Å²) < 4.78 is 42.1. The van der Waals surface area contributed by atoms with Crippen LogP contribution >= 0.6 is 0 Å². The molecule has 3 aromatic rings. The summed E-state index contributed by atoms with van der Waals surface area (Å²) in [5, 5.41) is 2.26. The molecule has 0 fully saturated rings. The van der Waals surface area contributed by atoms with Crippen LogP contribution in [0.25, 0.3) is 11.2 Å². The van der Waals surface area contributed by atoms with Gasteiger partial charge in [0, 0.05) is 6.92 Å². The summed E-state index contributed by atoms with van der Waals surface area (Å²) in [5.41, 5.74) is 1.10. The van der Waals surface area contributed by atoms with Gasteiger partial charge < -0.3 is 13.7 Å². The molecular weight excluding hydrogens is 430 g/mol. The van der Waals surface area contributed by atoms with Gasteiger partial charge in [-0.3, -0.25) is 19.5 Å². The molecule has 12 nitrogen and oxygen atoms in total. The zero-order valence-electron chi connectivity index (χ0n) is 16.6. The molecule has 0 saturated heterocycles. The summed E-state index contributed by atoms with van der Waals surface area (Å²) >= 11 is 0. The van der Waals surface area contributed by atoms with Crippen molar-refractivity contribution in [3.8, 4) is 5.88 Å². The molecule has 0 spiro atoms. The van der Waals surface area contributed by atoms with Crippen molar-refractivity contribution in [1.29, 1.82) is 0 Å². The number of aryl methyl sites for hydroxylation is 1. The molecule has 1 aromatic carbocycles. The number of aromatic nitrogens is 4. The van der Waals surface area contributed by atoms with Crippen LogP contribution in [0.3, 0.4) is 0 Å². The molecule has 0 aliphatic carbocycles. The number of rotatable bonds is 10. The van der Waals surface area contributed by atoms with Crippen LogP contribution in [0.5, 0.6) is 5.88 Å². The van der Waals surface area contributed by atoms with E-state index in [4.69, 9.17) is 13.7 Å². The number of anilines is 1. The summed E-state index contributed by atoms with van der Waals surface area (Å²) in [5.74, 6) is -0.961. The van der Waals surface area contributed by atoms with E-state index < -0.39 is 16.1 Å². The van der Waals surface area contributed by atoms with E-state index in [1.807, 2.05) is 6.92 Å². The van der Waals surface area contributed by atoms with Crippen LogP contribution in [0.1, 0.15) is 12.5 Å². The number of nitrogens with zero attached hydrogens (tertiary/aromatic N) is 4. The van der Waals surface area contributed by atoms with Gasteiger partial charge in [-0.2, -0.15) is 18.4 Å². The van der Waals surface area contributed by atoms with E-state index in [-0.39, 0.29) is 47.8 Å². The number of imidazole rings is 1. The number of hydrogen-bond acceptors (Lipinski definition) is 10. The molecule has 0 saturated carbocycles. The molecule has 0 aliphatic heterocycles. The second kappa shape index (κ2) is 9.49. The summed E-state index contributed by atoms with van der Waals surface area (Å²) in [6.45, 7) is 3.27. The summed E-state index contributed by atoms with van der Waals surface area (Å²) in [6, 6.07) is 6.08. The maximum Gasteiger partial charge on any atom is 0.340 e. The third-order valence-electron chi connectivity index (χ3n) is 3.88. The number of ether oxygens (including phenoxy) is 2. The van der Waals surface area contributed by atoms with Crippen molar-refractivity contribution in [2.24, 2.45) is 0 Å². The lowest BCUT2D eigenvalue weighted by molar-refractivity contribution is -0.142. The first-order valence-corrected chi connectivity index (χ1v) is 10.4. The Kier molecular flexibility index (Phi) is 6.77. The van der Waals surface area contributed by atoms with Gasteiger partial charge in [0.05, 0.1) is 12.9 Å². The Bertz CT molecular complexity index is 1190. The molecule has 0 radical (unpaired) electrons. The minimum absolute atomic E-state index is 0.0283. The third kappa shape index (κ3) is 5.52. The molecule has 31 heavy (non-hydrogen) atoms. The Morgan fingerprint density at radius 2 is 1.94 bits per heavy atom. The molecular formula is C18H19N5O7S. The standard InChI is InChI=1S/C18H19N5O7S/c1-12-3-5-14(6-4-12)31(26,27)30-17-15-16(21-18(22-17)20-10-24)23(9-19-15)11-28-7-8-29-13(2)25/h3-6,9-10H,7-8,11H2,1-2H3,(H,20,21,22,24). The molecule has 3 rings (SSSR count). The van der Waals surface area contributed by atoms with E-state index >= 15 is 0 Å².